The molecular weight excluding hydrogens is 334 g/mol. The fourth-order valence-electron chi connectivity index (χ4n) is 2.55. The van der Waals surface area contributed by atoms with Crippen LogP contribution in [0.25, 0.3) is 11.0 Å². The SMILES string of the molecule is CSCC[C@H](NC(=O)COc1ccccc1)c1nc2ccccc2[nH]1. The standard InChI is InChI=1S/C19H21N3O2S/c1-25-12-11-17(19-21-15-9-5-6-10-16(15)22-19)20-18(23)13-24-14-7-3-2-4-8-14/h2-10,17H,11-13H2,1H3,(H,20,23)(H,21,22)/t17-/m0/s1. The van der Waals surface area contributed by atoms with Gasteiger partial charge >= 0.3 is 0 Å². The third-order valence-electron chi connectivity index (χ3n) is 3.80. The molecule has 1 atom stereocenters. The number of amides is 1. The Labute approximate surface area is 151 Å². The highest BCUT2D eigenvalue weighted by molar-refractivity contribution is 7.98. The van der Waals surface area contributed by atoms with Crippen LogP contribution < -0.4 is 10.1 Å². The van der Waals surface area contributed by atoms with Gasteiger partial charge in [0.1, 0.15) is 11.6 Å². The maximum Gasteiger partial charge on any atom is 0.258 e. The molecule has 1 heterocycles. The summed E-state index contributed by atoms with van der Waals surface area (Å²) in [7, 11) is 0. The molecule has 0 aliphatic rings. The summed E-state index contributed by atoms with van der Waals surface area (Å²) in [6.07, 6.45) is 2.86. The number of ether oxygens (including phenoxy) is 1. The molecule has 5 nitrogen and oxygen atoms in total. The van der Waals surface area contributed by atoms with Crippen LogP contribution in [0.2, 0.25) is 0 Å². The Kier molecular flexibility index (Phi) is 5.95. The number of H-pyrrole nitrogens is 1. The number of aromatic amines is 1. The highest BCUT2D eigenvalue weighted by Crippen LogP contribution is 2.20. The van der Waals surface area contributed by atoms with E-state index < -0.39 is 0 Å². The van der Waals surface area contributed by atoms with Crippen molar-refractivity contribution in [1.82, 2.24) is 15.3 Å². The predicted molar refractivity (Wildman–Crippen MR) is 102 cm³/mol. The minimum atomic E-state index is -0.160. The first kappa shape index (κ1) is 17.4. The van der Waals surface area contributed by atoms with Crippen LogP contribution in [0.5, 0.6) is 5.75 Å². The number of para-hydroxylation sites is 3. The average Bonchev–Trinajstić information content (AvgIpc) is 3.08. The van der Waals surface area contributed by atoms with E-state index in [1.165, 1.54) is 0 Å². The van der Waals surface area contributed by atoms with Gasteiger partial charge in [0, 0.05) is 0 Å². The predicted octanol–water partition coefficient (Wildman–Crippen LogP) is 3.55. The van der Waals surface area contributed by atoms with Gasteiger partial charge in [-0.25, -0.2) is 4.98 Å². The molecule has 0 bridgehead atoms. The molecule has 0 saturated carbocycles. The molecule has 130 valence electrons. The number of thioether (sulfide) groups is 1. The van der Waals surface area contributed by atoms with Gasteiger partial charge in [-0.1, -0.05) is 30.3 Å². The molecule has 0 fully saturated rings. The van der Waals surface area contributed by atoms with Crippen LogP contribution in [0.1, 0.15) is 18.3 Å². The lowest BCUT2D eigenvalue weighted by Crippen LogP contribution is -2.33. The number of hydrogen-bond acceptors (Lipinski definition) is 4. The second-order valence-corrected chi connectivity index (χ2v) is 6.63. The van der Waals surface area contributed by atoms with E-state index in [1.807, 2.05) is 54.6 Å². The summed E-state index contributed by atoms with van der Waals surface area (Å²) < 4.78 is 5.52. The molecule has 0 aliphatic carbocycles. The van der Waals surface area contributed by atoms with E-state index in [-0.39, 0.29) is 18.6 Å². The van der Waals surface area contributed by atoms with Crippen LogP contribution in [0.3, 0.4) is 0 Å². The van der Waals surface area contributed by atoms with Crippen LogP contribution >= 0.6 is 11.8 Å². The van der Waals surface area contributed by atoms with E-state index in [9.17, 15) is 4.79 Å². The van der Waals surface area contributed by atoms with Gasteiger partial charge < -0.3 is 15.0 Å². The molecule has 3 rings (SSSR count). The minimum Gasteiger partial charge on any atom is -0.484 e. The molecule has 2 aromatic carbocycles. The Hall–Kier alpha value is -2.47. The molecular formula is C19H21N3O2S. The van der Waals surface area contributed by atoms with Gasteiger partial charge in [-0.05, 0) is 42.7 Å². The summed E-state index contributed by atoms with van der Waals surface area (Å²) in [6, 6.07) is 17.0. The van der Waals surface area contributed by atoms with Crippen molar-refractivity contribution in [2.75, 3.05) is 18.6 Å². The number of nitrogens with zero attached hydrogens (tertiary/aromatic N) is 1. The highest BCUT2D eigenvalue weighted by atomic mass is 32.2. The van der Waals surface area contributed by atoms with Crippen molar-refractivity contribution in [3.05, 3.63) is 60.4 Å². The van der Waals surface area contributed by atoms with Crippen LogP contribution in [0.15, 0.2) is 54.6 Å². The number of benzene rings is 2. The summed E-state index contributed by atoms with van der Waals surface area (Å²) in [5.74, 6) is 2.24. The van der Waals surface area contributed by atoms with Crippen molar-refractivity contribution in [2.24, 2.45) is 0 Å². The summed E-state index contributed by atoms with van der Waals surface area (Å²) in [5, 5.41) is 3.03. The van der Waals surface area contributed by atoms with E-state index in [0.29, 0.717) is 5.75 Å². The first-order chi connectivity index (χ1) is 12.3. The number of aromatic nitrogens is 2. The van der Waals surface area contributed by atoms with Gasteiger partial charge in [0.15, 0.2) is 6.61 Å². The fourth-order valence-corrected chi connectivity index (χ4v) is 3.02. The molecule has 1 amide bonds. The molecule has 6 heteroatoms. The second kappa shape index (κ2) is 8.58. The summed E-state index contributed by atoms with van der Waals surface area (Å²) in [6.45, 7) is -0.0139. The maximum atomic E-state index is 12.3. The topological polar surface area (TPSA) is 67.0 Å². The van der Waals surface area contributed by atoms with Crippen molar-refractivity contribution in [3.63, 3.8) is 0 Å². The van der Waals surface area contributed by atoms with Gasteiger partial charge in [-0.2, -0.15) is 11.8 Å². The zero-order valence-electron chi connectivity index (χ0n) is 14.1. The Morgan fingerprint density at radius 3 is 2.72 bits per heavy atom. The Morgan fingerprint density at radius 2 is 1.96 bits per heavy atom. The lowest BCUT2D eigenvalue weighted by molar-refractivity contribution is -0.123. The van der Waals surface area contributed by atoms with Gasteiger partial charge in [0.05, 0.1) is 17.1 Å². The number of carbonyl (C=O) groups excluding carboxylic acids is 1. The molecule has 0 unspecified atom stereocenters. The van der Waals surface area contributed by atoms with Crippen molar-refractivity contribution >= 4 is 28.7 Å². The third-order valence-corrected chi connectivity index (χ3v) is 4.44. The molecule has 0 radical (unpaired) electrons. The zero-order valence-corrected chi connectivity index (χ0v) is 14.9. The Bertz CT molecular complexity index is 787. The maximum absolute atomic E-state index is 12.3. The van der Waals surface area contributed by atoms with Crippen LogP contribution in [-0.4, -0.2) is 34.5 Å². The largest absolute Gasteiger partial charge is 0.484 e. The van der Waals surface area contributed by atoms with Gasteiger partial charge in [0.2, 0.25) is 0 Å². The third kappa shape index (κ3) is 4.76. The fraction of sp³-hybridized carbons (Fsp3) is 0.263. The lowest BCUT2D eigenvalue weighted by atomic mass is 10.2. The first-order valence-electron chi connectivity index (χ1n) is 8.17. The van der Waals surface area contributed by atoms with Crippen LogP contribution in [0.4, 0.5) is 0 Å². The molecule has 1 aromatic heterocycles. The van der Waals surface area contributed by atoms with E-state index in [2.05, 4.69) is 21.5 Å². The summed E-state index contributed by atoms with van der Waals surface area (Å²) in [4.78, 5) is 20.2. The number of fused-ring (bicyclic) bond motifs is 1. The molecule has 25 heavy (non-hydrogen) atoms. The number of imidazole rings is 1. The van der Waals surface area contributed by atoms with E-state index >= 15 is 0 Å². The van der Waals surface area contributed by atoms with Gasteiger partial charge in [-0.3, -0.25) is 4.79 Å². The monoisotopic (exact) mass is 355 g/mol. The molecule has 0 saturated heterocycles. The van der Waals surface area contributed by atoms with E-state index in [1.54, 1.807) is 11.8 Å². The number of rotatable bonds is 8. The molecule has 3 aromatic rings. The number of hydrogen-bond donors (Lipinski definition) is 2. The highest BCUT2D eigenvalue weighted by Gasteiger charge is 2.18. The van der Waals surface area contributed by atoms with Crippen LogP contribution in [-0.2, 0) is 4.79 Å². The number of carbonyl (C=O) groups is 1. The van der Waals surface area contributed by atoms with Crippen molar-refractivity contribution in [2.45, 2.75) is 12.5 Å². The average molecular weight is 355 g/mol. The summed E-state index contributed by atoms with van der Waals surface area (Å²) >= 11 is 1.74. The van der Waals surface area contributed by atoms with Crippen molar-refractivity contribution < 1.29 is 9.53 Å². The molecule has 2 N–H and O–H groups in total. The molecule has 0 spiro atoms. The van der Waals surface area contributed by atoms with Crippen molar-refractivity contribution in [1.29, 1.82) is 0 Å². The van der Waals surface area contributed by atoms with Gasteiger partial charge in [-0.15, -0.1) is 0 Å². The zero-order chi connectivity index (χ0) is 17.5. The van der Waals surface area contributed by atoms with E-state index in [4.69, 9.17) is 4.74 Å². The van der Waals surface area contributed by atoms with Gasteiger partial charge in [0.25, 0.3) is 5.91 Å². The van der Waals surface area contributed by atoms with E-state index in [0.717, 1.165) is 29.0 Å². The second-order valence-electron chi connectivity index (χ2n) is 5.64. The Morgan fingerprint density at radius 1 is 1.20 bits per heavy atom. The van der Waals surface area contributed by atoms with Crippen molar-refractivity contribution in [3.8, 4) is 5.75 Å². The minimum absolute atomic E-state index is 0.0139. The number of nitrogens with one attached hydrogen (secondary N) is 2. The molecule has 0 aliphatic heterocycles. The quantitative estimate of drug-likeness (QED) is 0.648. The lowest BCUT2D eigenvalue weighted by Gasteiger charge is -2.16. The first-order valence-corrected chi connectivity index (χ1v) is 9.56. The normalized spacial score (nSPS) is 12.0. The Balaban J connectivity index is 1.66. The summed E-state index contributed by atoms with van der Waals surface area (Å²) in [5.41, 5.74) is 1.88. The van der Waals surface area contributed by atoms with Crippen LogP contribution in [0, 0.1) is 0 Å². The smallest absolute Gasteiger partial charge is 0.258 e.